The number of aryl methyl sites for hydroxylation is 1. The van der Waals surface area contributed by atoms with Crippen molar-refractivity contribution in [1.82, 2.24) is 0 Å². The number of nitrogens with two attached hydrogens (primary N) is 1. The lowest BCUT2D eigenvalue weighted by Crippen LogP contribution is -2.08. The van der Waals surface area contributed by atoms with Crippen molar-refractivity contribution in [2.75, 3.05) is 0 Å². The first-order valence-electron chi connectivity index (χ1n) is 7.55. The molecule has 1 heteroatoms. The lowest BCUT2D eigenvalue weighted by molar-refractivity contribution is 0.699. The van der Waals surface area contributed by atoms with Crippen LogP contribution in [-0.2, 0) is 0 Å². The van der Waals surface area contributed by atoms with Crippen LogP contribution in [-0.4, -0.2) is 0 Å². The molecule has 0 bridgehead atoms. The van der Waals surface area contributed by atoms with Crippen LogP contribution < -0.4 is 5.73 Å². The van der Waals surface area contributed by atoms with Gasteiger partial charge in [0.2, 0.25) is 0 Å². The summed E-state index contributed by atoms with van der Waals surface area (Å²) in [6.45, 7) is 4.30. The Balaban J connectivity index is 2.23. The molecule has 0 spiro atoms. The van der Waals surface area contributed by atoms with E-state index < -0.39 is 0 Å². The Morgan fingerprint density at radius 3 is 2.57 bits per heavy atom. The molecule has 0 heterocycles. The standard InChI is InChI=1S/C20H21N/c1-3-19(21)16-8-6-9-17(13-16)20-14(2)11-12-15-7-4-5-10-18(15)20/h4-13,19H,3,21H2,1-2H3. The van der Waals surface area contributed by atoms with E-state index in [0.717, 1.165) is 6.42 Å². The third-order valence-corrected chi connectivity index (χ3v) is 4.18. The molecule has 0 aliphatic rings. The zero-order valence-electron chi connectivity index (χ0n) is 12.6. The summed E-state index contributed by atoms with van der Waals surface area (Å²) in [6, 6.07) is 21.7. The third-order valence-electron chi connectivity index (χ3n) is 4.18. The van der Waals surface area contributed by atoms with Gasteiger partial charge in [-0.15, -0.1) is 0 Å². The van der Waals surface area contributed by atoms with Crippen molar-refractivity contribution in [2.24, 2.45) is 5.73 Å². The van der Waals surface area contributed by atoms with E-state index in [-0.39, 0.29) is 6.04 Å². The summed E-state index contributed by atoms with van der Waals surface area (Å²) in [5, 5.41) is 2.59. The summed E-state index contributed by atoms with van der Waals surface area (Å²) in [5.41, 5.74) is 11.3. The minimum absolute atomic E-state index is 0.111. The molecule has 0 radical (unpaired) electrons. The smallest absolute Gasteiger partial charge is 0.0292 e. The van der Waals surface area contributed by atoms with Crippen LogP contribution in [0.2, 0.25) is 0 Å². The minimum Gasteiger partial charge on any atom is -0.324 e. The molecule has 0 amide bonds. The SMILES string of the molecule is CCC(N)c1cccc(-c2c(C)ccc3ccccc23)c1. The molecule has 1 atom stereocenters. The Hall–Kier alpha value is -2.12. The Bertz CT molecular complexity index is 774. The number of hydrogen-bond donors (Lipinski definition) is 1. The molecule has 1 unspecified atom stereocenters. The number of rotatable bonds is 3. The predicted molar refractivity (Wildman–Crippen MR) is 91.3 cm³/mol. The Labute approximate surface area is 126 Å². The molecule has 3 aromatic carbocycles. The van der Waals surface area contributed by atoms with Crippen molar-refractivity contribution in [3.8, 4) is 11.1 Å². The molecule has 0 aliphatic heterocycles. The van der Waals surface area contributed by atoms with Gasteiger partial charge in [0.05, 0.1) is 0 Å². The molecule has 106 valence electrons. The van der Waals surface area contributed by atoms with Crippen molar-refractivity contribution in [3.63, 3.8) is 0 Å². The normalized spacial score (nSPS) is 12.5. The lowest BCUT2D eigenvalue weighted by Gasteiger charge is -2.14. The Morgan fingerprint density at radius 1 is 0.952 bits per heavy atom. The third kappa shape index (κ3) is 2.57. The average Bonchev–Trinajstić information content (AvgIpc) is 2.54. The predicted octanol–water partition coefficient (Wildman–Crippen LogP) is 5.23. The van der Waals surface area contributed by atoms with Crippen molar-refractivity contribution in [2.45, 2.75) is 26.3 Å². The van der Waals surface area contributed by atoms with Gasteiger partial charge < -0.3 is 5.73 Å². The number of fused-ring (bicyclic) bond motifs is 1. The van der Waals surface area contributed by atoms with Crippen LogP contribution in [0, 0.1) is 6.92 Å². The van der Waals surface area contributed by atoms with Crippen molar-refractivity contribution >= 4 is 10.8 Å². The zero-order valence-corrected chi connectivity index (χ0v) is 12.6. The topological polar surface area (TPSA) is 26.0 Å². The van der Waals surface area contributed by atoms with Gasteiger partial charge in [-0.1, -0.05) is 61.5 Å². The van der Waals surface area contributed by atoms with E-state index in [1.54, 1.807) is 0 Å². The summed E-state index contributed by atoms with van der Waals surface area (Å²) >= 11 is 0. The van der Waals surface area contributed by atoms with Gasteiger partial charge in [0.1, 0.15) is 0 Å². The Morgan fingerprint density at radius 2 is 1.76 bits per heavy atom. The molecule has 2 N–H and O–H groups in total. The van der Waals surface area contributed by atoms with Crippen molar-refractivity contribution < 1.29 is 0 Å². The fourth-order valence-electron chi connectivity index (χ4n) is 2.92. The van der Waals surface area contributed by atoms with Crippen LogP contribution in [0.15, 0.2) is 60.7 Å². The lowest BCUT2D eigenvalue weighted by atomic mass is 9.92. The summed E-state index contributed by atoms with van der Waals surface area (Å²) < 4.78 is 0. The van der Waals surface area contributed by atoms with E-state index in [2.05, 4.69) is 74.5 Å². The van der Waals surface area contributed by atoms with Gasteiger partial charge in [-0.2, -0.15) is 0 Å². The monoisotopic (exact) mass is 275 g/mol. The van der Waals surface area contributed by atoms with Crippen LogP contribution in [0.3, 0.4) is 0 Å². The molecular weight excluding hydrogens is 254 g/mol. The highest BCUT2D eigenvalue weighted by Crippen LogP contribution is 2.33. The second-order valence-corrected chi connectivity index (χ2v) is 5.62. The molecular formula is C20H21N. The van der Waals surface area contributed by atoms with Crippen LogP contribution in [0.1, 0.15) is 30.5 Å². The number of benzene rings is 3. The van der Waals surface area contributed by atoms with E-state index in [1.165, 1.54) is 33.0 Å². The highest BCUT2D eigenvalue weighted by atomic mass is 14.6. The first-order valence-corrected chi connectivity index (χ1v) is 7.55. The molecule has 0 aromatic heterocycles. The molecule has 0 aliphatic carbocycles. The van der Waals surface area contributed by atoms with Gasteiger partial charge in [-0.05, 0) is 52.4 Å². The summed E-state index contributed by atoms with van der Waals surface area (Å²) in [4.78, 5) is 0. The van der Waals surface area contributed by atoms with Crippen LogP contribution >= 0.6 is 0 Å². The van der Waals surface area contributed by atoms with E-state index in [4.69, 9.17) is 5.73 Å². The van der Waals surface area contributed by atoms with Crippen molar-refractivity contribution in [1.29, 1.82) is 0 Å². The average molecular weight is 275 g/mol. The maximum Gasteiger partial charge on any atom is 0.0292 e. The van der Waals surface area contributed by atoms with Gasteiger partial charge in [0.15, 0.2) is 0 Å². The van der Waals surface area contributed by atoms with E-state index >= 15 is 0 Å². The first kappa shape index (κ1) is 13.8. The molecule has 0 saturated carbocycles. The Kier molecular flexibility index (Phi) is 3.76. The van der Waals surface area contributed by atoms with Crippen LogP contribution in [0.4, 0.5) is 0 Å². The molecule has 21 heavy (non-hydrogen) atoms. The second-order valence-electron chi connectivity index (χ2n) is 5.62. The first-order chi connectivity index (χ1) is 10.2. The number of hydrogen-bond acceptors (Lipinski definition) is 1. The van der Waals surface area contributed by atoms with Gasteiger partial charge in [0.25, 0.3) is 0 Å². The van der Waals surface area contributed by atoms with E-state index in [0.29, 0.717) is 0 Å². The van der Waals surface area contributed by atoms with Crippen LogP contribution in [0.5, 0.6) is 0 Å². The van der Waals surface area contributed by atoms with Gasteiger partial charge in [-0.25, -0.2) is 0 Å². The zero-order chi connectivity index (χ0) is 14.8. The maximum atomic E-state index is 6.19. The fraction of sp³-hybridized carbons (Fsp3) is 0.200. The van der Waals surface area contributed by atoms with Crippen LogP contribution in [0.25, 0.3) is 21.9 Å². The summed E-state index contributed by atoms with van der Waals surface area (Å²) in [5.74, 6) is 0. The minimum atomic E-state index is 0.111. The van der Waals surface area contributed by atoms with Crippen molar-refractivity contribution in [3.05, 3.63) is 71.8 Å². The maximum absolute atomic E-state index is 6.19. The van der Waals surface area contributed by atoms with E-state index in [9.17, 15) is 0 Å². The molecule has 0 saturated heterocycles. The van der Waals surface area contributed by atoms with Gasteiger partial charge >= 0.3 is 0 Å². The molecule has 3 rings (SSSR count). The van der Waals surface area contributed by atoms with E-state index in [1.807, 2.05) is 0 Å². The van der Waals surface area contributed by atoms with Gasteiger partial charge in [-0.3, -0.25) is 0 Å². The molecule has 0 fully saturated rings. The highest BCUT2D eigenvalue weighted by molar-refractivity contribution is 5.98. The highest BCUT2D eigenvalue weighted by Gasteiger charge is 2.09. The molecule has 1 nitrogen and oxygen atoms in total. The summed E-state index contributed by atoms with van der Waals surface area (Å²) in [7, 11) is 0. The quantitative estimate of drug-likeness (QED) is 0.696. The second kappa shape index (κ2) is 5.71. The van der Waals surface area contributed by atoms with Gasteiger partial charge in [0, 0.05) is 6.04 Å². The fourth-order valence-corrected chi connectivity index (χ4v) is 2.92. The molecule has 3 aromatic rings. The largest absolute Gasteiger partial charge is 0.324 e. The summed E-state index contributed by atoms with van der Waals surface area (Å²) in [6.07, 6.45) is 0.956.